The monoisotopic (exact) mass is 362 g/mol. The number of para-hydroxylation sites is 1. The number of aromatic nitrogens is 2. The minimum absolute atomic E-state index is 0.286. The number of urea groups is 1. The number of nitrogens with one attached hydrogen (secondary N) is 1. The molecule has 9 heteroatoms. The number of benzene rings is 1. The number of nitrogens with zero attached hydrogens (tertiary/aromatic N) is 3. The van der Waals surface area contributed by atoms with E-state index in [2.05, 4.69) is 15.5 Å². The number of piperidine rings is 1. The number of carbonyl (C=O) groups is 2. The van der Waals surface area contributed by atoms with Gasteiger partial charge in [0.1, 0.15) is 5.75 Å². The van der Waals surface area contributed by atoms with Crippen LogP contribution < -0.4 is 10.1 Å². The van der Waals surface area contributed by atoms with Crippen molar-refractivity contribution in [1.29, 1.82) is 0 Å². The lowest BCUT2D eigenvalue weighted by Gasteiger charge is -2.29. The Balaban J connectivity index is 1.64. The molecule has 0 spiro atoms. The van der Waals surface area contributed by atoms with Gasteiger partial charge in [0.05, 0.1) is 18.6 Å². The first-order valence-electron chi connectivity index (χ1n) is 7.84. The number of likely N-dealkylation sites (tertiary alicyclic amines) is 1. The van der Waals surface area contributed by atoms with Crippen molar-refractivity contribution in [3.8, 4) is 16.3 Å². The molecule has 2 heterocycles. The van der Waals surface area contributed by atoms with Gasteiger partial charge in [-0.25, -0.2) is 4.79 Å². The first-order valence-corrected chi connectivity index (χ1v) is 8.65. The molecular weight excluding hydrogens is 344 g/mol. The molecule has 0 bridgehead atoms. The number of rotatable bonds is 4. The fourth-order valence-electron chi connectivity index (χ4n) is 2.70. The highest BCUT2D eigenvalue weighted by atomic mass is 32.1. The number of hydrogen-bond donors (Lipinski definition) is 2. The number of hydrogen-bond acceptors (Lipinski definition) is 6. The molecule has 0 unspecified atom stereocenters. The van der Waals surface area contributed by atoms with Crippen LogP contribution in [0.25, 0.3) is 10.6 Å². The summed E-state index contributed by atoms with van der Waals surface area (Å²) in [5.41, 5.74) is 0.810. The van der Waals surface area contributed by atoms with Gasteiger partial charge in [0.25, 0.3) is 0 Å². The van der Waals surface area contributed by atoms with Crippen molar-refractivity contribution in [3.63, 3.8) is 0 Å². The maximum atomic E-state index is 12.3. The van der Waals surface area contributed by atoms with Crippen LogP contribution >= 0.6 is 11.3 Å². The minimum Gasteiger partial charge on any atom is -0.496 e. The second kappa shape index (κ2) is 7.47. The lowest BCUT2D eigenvalue weighted by molar-refractivity contribution is -0.143. The molecule has 0 atom stereocenters. The van der Waals surface area contributed by atoms with Crippen LogP contribution in [-0.2, 0) is 4.79 Å². The third kappa shape index (κ3) is 3.87. The van der Waals surface area contributed by atoms with E-state index in [0.717, 1.165) is 5.56 Å². The van der Waals surface area contributed by atoms with Gasteiger partial charge in [-0.15, -0.1) is 10.2 Å². The number of carboxylic acids is 1. The number of amides is 2. The largest absolute Gasteiger partial charge is 0.496 e. The molecule has 1 aliphatic heterocycles. The Hall–Kier alpha value is -2.68. The molecule has 2 amide bonds. The third-order valence-electron chi connectivity index (χ3n) is 4.11. The van der Waals surface area contributed by atoms with Gasteiger partial charge in [0.2, 0.25) is 5.13 Å². The predicted molar refractivity (Wildman–Crippen MR) is 92.8 cm³/mol. The van der Waals surface area contributed by atoms with E-state index >= 15 is 0 Å². The molecule has 1 aliphatic rings. The normalized spacial score (nSPS) is 15.0. The van der Waals surface area contributed by atoms with Crippen LogP contribution in [0.15, 0.2) is 24.3 Å². The summed E-state index contributed by atoms with van der Waals surface area (Å²) in [4.78, 5) is 24.9. The second-order valence-corrected chi connectivity index (χ2v) is 6.62. The topological polar surface area (TPSA) is 105 Å². The maximum absolute atomic E-state index is 12.3. The van der Waals surface area contributed by atoms with Crippen molar-refractivity contribution in [2.24, 2.45) is 5.92 Å². The second-order valence-electron chi connectivity index (χ2n) is 5.64. The minimum atomic E-state index is -0.800. The molecule has 0 radical (unpaired) electrons. The number of carboxylic acid groups (broad SMARTS) is 1. The molecule has 25 heavy (non-hydrogen) atoms. The average Bonchev–Trinajstić information content (AvgIpc) is 3.10. The summed E-state index contributed by atoms with van der Waals surface area (Å²) >= 11 is 1.26. The van der Waals surface area contributed by atoms with Crippen LogP contribution in [0.4, 0.5) is 9.93 Å². The van der Waals surface area contributed by atoms with E-state index < -0.39 is 5.97 Å². The number of carbonyl (C=O) groups excluding carboxylic acids is 1. The van der Waals surface area contributed by atoms with E-state index in [1.807, 2.05) is 24.3 Å². The van der Waals surface area contributed by atoms with Gasteiger partial charge in [-0.3, -0.25) is 10.1 Å². The Morgan fingerprint density at radius 2 is 2.00 bits per heavy atom. The highest BCUT2D eigenvalue weighted by molar-refractivity contribution is 7.18. The Labute approximate surface area is 148 Å². The highest BCUT2D eigenvalue weighted by Gasteiger charge is 2.27. The van der Waals surface area contributed by atoms with Crippen LogP contribution in [0.2, 0.25) is 0 Å². The first-order chi connectivity index (χ1) is 12.1. The van der Waals surface area contributed by atoms with Crippen LogP contribution in [0.3, 0.4) is 0 Å². The summed E-state index contributed by atoms with van der Waals surface area (Å²) < 4.78 is 5.31. The van der Waals surface area contributed by atoms with Gasteiger partial charge >= 0.3 is 12.0 Å². The van der Waals surface area contributed by atoms with Gasteiger partial charge in [0.15, 0.2) is 5.01 Å². The number of aliphatic carboxylic acids is 1. The van der Waals surface area contributed by atoms with E-state index in [1.165, 1.54) is 11.3 Å². The molecule has 132 valence electrons. The number of ether oxygens (including phenoxy) is 1. The molecule has 8 nitrogen and oxygen atoms in total. The van der Waals surface area contributed by atoms with Gasteiger partial charge < -0.3 is 14.7 Å². The molecule has 2 aromatic rings. The van der Waals surface area contributed by atoms with E-state index in [1.54, 1.807) is 12.0 Å². The SMILES string of the molecule is COc1ccccc1-c1nnc(NC(=O)N2CCC(C(=O)O)CC2)s1. The van der Waals surface area contributed by atoms with Gasteiger partial charge in [-0.1, -0.05) is 23.5 Å². The third-order valence-corrected chi connectivity index (χ3v) is 4.98. The van der Waals surface area contributed by atoms with Crippen molar-refractivity contribution >= 4 is 28.5 Å². The highest BCUT2D eigenvalue weighted by Crippen LogP contribution is 2.33. The molecule has 1 saturated heterocycles. The Morgan fingerprint density at radius 1 is 1.28 bits per heavy atom. The van der Waals surface area contributed by atoms with Crippen molar-refractivity contribution < 1.29 is 19.4 Å². The average molecular weight is 362 g/mol. The Bertz CT molecular complexity index is 771. The lowest BCUT2D eigenvalue weighted by atomic mass is 9.97. The number of methoxy groups -OCH3 is 1. The molecular formula is C16H18N4O4S. The zero-order valence-electron chi connectivity index (χ0n) is 13.6. The smallest absolute Gasteiger partial charge is 0.323 e. The first kappa shape index (κ1) is 17.2. The van der Waals surface area contributed by atoms with E-state index in [-0.39, 0.29) is 11.9 Å². The fourth-order valence-corrected chi connectivity index (χ4v) is 3.47. The maximum Gasteiger partial charge on any atom is 0.323 e. The summed E-state index contributed by atoms with van der Waals surface area (Å²) in [5, 5.41) is 20.9. The van der Waals surface area contributed by atoms with E-state index in [4.69, 9.17) is 9.84 Å². The van der Waals surface area contributed by atoms with Crippen LogP contribution in [-0.4, -0.2) is 52.4 Å². The fraction of sp³-hybridized carbons (Fsp3) is 0.375. The Kier molecular flexibility index (Phi) is 5.13. The van der Waals surface area contributed by atoms with Crippen molar-refractivity contribution in [2.45, 2.75) is 12.8 Å². The van der Waals surface area contributed by atoms with Crippen LogP contribution in [0, 0.1) is 5.92 Å². The summed E-state index contributed by atoms with van der Waals surface area (Å²) in [6.07, 6.45) is 0.927. The van der Waals surface area contributed by atoms with Crippen LogP contribution in [0.5, 0.6) is 5.75 Å². The summed E-state index contributed by atoms with van der Waals surface area (Å²) in [6.45, 7) is 0.835. The zero-order chi connectivity index (χ0) is 17.8. The van der Waals surface area contributed by atoms with Gasteiger partial charge in [0, 0.05) is 13.1 Å². The van der Waals surface area contributed by atoms with E-state index in [0.29, 0.717) is 41.8 Å². The quantitative estimate of drug-likeness (QED) is 0.866. The van der Waals surface area contributed by atoms with Gasteiger partial charge in [-0.2, -0.15) is 0 Å². The molecule has 3 rings (SSSR count). The summed E-state index contributed by atoms with van der Waals surface area (Å²) in [7, 11) is 1.59. The lowest BCUT2D eigenvalue weighted by Crippen LogP contribution is -2.42. The zero-order valence-corrected chi connectivity index (χ0v) is 14.5. The van der Waals surface area contributed by atoms with E-state index in [9.17, 15) is 9.59 Å². The molecule has 0 saturated carbocycles. The molecule has 1 aromatic heterocycles. The number of anilines is 1. The standard InChI is InChI=1S/C16H18N4O4S/c1-24-12-5-3-2-4-11(12)13-18-19-15(25-13)17-16(23)20-8-6-10(7-9-20)14(21)22/h2-5,10H,6-9H2,1H3,(H,21,22)(H,17,19,23). The Morgan fingerprint density at radius 3 is 2.68 bits per heavy atom. The van der Waals surface area contributed by atoms with Crippen molar-refractivity contribution in [1.82, 2.24) is 15.1 Å². The van der Waals surface area contributed by atoms with Crippen molar-refractivity contribution in [2.75, 3.05) is 25.5 Å². The summed E-state index contributed by atoms with van der Waals surface area (Å²) in [5.74, 6) is -0.486. The molecule has 2 N–H and O–H groups in total. The summed E-state index contributed by atoms with van der Waals surface area (Å²) in [6, 6.07) is 7.17. The molecule has 0 aliphatic carbocycles. The predicted octanol–water partition coefficient (Wildman–Crippen LogP) is 2.54. The van der Waals surface area contributed by atoms with Crippen molar-refractivity contribution in [3.05, 3.63) is 24.3 Å². The molecule has 1 aromatic carbocycles. The van der Waals surface area contributed by atoms with Gasteiger partial charge in [-0.05, 0) is 25.0 Å². The molecule has 1 fully saturated rings. The van der Waals surface area contributed by atoms with Crippen LogP contribution in [0.1, 0.15) is 12.8 Å².